The highest BCUT2D eigenvalue weighted by molar-refractivity contribution is 7.00. The van der Waals surface area contributed by atoms with Gasteiger partial charge in [-0.1, -0.05) is 109 Å². The van der Waals surface area contributed by atoms with Crippen LogP contribution in [-0.2, 0) is 0 Å². The van der Waals surface area contributed by atoms with Crippen molar-refractivity contribution in [2.24, 2.45) is 0 Å². The average Bonchev–Trinajstić information content (AvgIpc) is 3.86. The highest BCUT2D eigenvalue weighted by atomic mass is 15.2. The molecule has 0 atom stereocenters. The van der Waals surface area contributed by atoms with E-state index >= 15 is 0 Å². The van der Waals surface area contributed by atoms with Crippen LogP contribution >= 0.6 is 0 Å². The zero-order valence-corrected chi connectivity index (χ0v) is 33.0. The molecule has 0 radical (unpaired) electrons. The topological polar surface area (TPSA) is 86.5 Å². The first-order chi connectivity index (χ1) is 30.7. The van der Waals surface area contributed by atoms with Gasteiger partial charge in [0.1, 0.15) is 23.3 Å². The van der Waals surface area contributed by atoms with E-state index in [1.54, 1.807) is 12.4 Å². The van der Waals surface area contributed by atoms with Gasteiger partial charge in [0.05, 0.1) is 28.1 Å². The van der Waals surface area contributed by atoms with Crippen molar-refractivity contribution in [3.8, 4) is 45.8 Å². The third kappa shape index (κ3) is 4.53. The fourth-order valence-corrected chi connectivity index (χ4v) is 10.5. The Morgan fingerprint density at radius 2 is 0.903 bits per heavy atom. The van der Waals surface area contributed by atoms with E-state index in [2.05, 4.69) is 170 Å². The van der Waals surface area contributed by atoms with Gasteiger partial charge in [-0.2, -0.15) is 10.5 Å². The van der Waals surface area contributed by atoms with Crippen LogP contribution in [0.2, 0.25) is 0 Å². The summed E-state index contributed by atoms with van der Waals surface area (Å²) in [6.45, 7) is -0.236. The fourth-order valence-electron chi connectivity index (χ4n) is 10.5. The molecule has 7 aromatic carbocycles. The van der Waals surface area contributed by atoms with Gasteiger partial charge in [-0.05, 0) is 87.2 Å². The Morgan fingerprint density at radius 1 is 0.452 bits per heavy atom. The second-order valence-corrected chi connectivity index (χ2v) is 16.0. The van der Waals surface area contributed by atoms with Gasteiger partial charge in [-0.15, -0.1) is 0 Å². The highest BCUT2D eigenvalue weighted by Gasteiger charge is 2.45. The van der Waals surface area contributed by atoms with Crippen molar-refractivity contribution < 1.29 is 0 Å². The molecule has 2 aliphatic heterocycles. The van der Waals surface area contributed by atoms with Gasteiger partial charge in [-0.3, -0.25) is 9.97 Å². The molecule has 11 aromatic rings. The summed E-state index contributed by atoms with van der Waals surface area (Å²) in [5.41, 5.74) is 16.1. The molecular weight excluding hydrogens is 757 g/mol. The largest absolute Gasteiger partial charge is 0.309 e. The van der Waals surface area contributed by atoms with E-state index in [9.17, 15) is 10.5 Å². The summed E-state index contributed by atoms with van der Waals surface area (Å²) < 4.78 is 4.62. The molecule has 8 heteroatoms. The summed E-state index contributed by atoms with van der Waals surface area (Å²) in [6.07, 6.45) is 7.26. The smallest absolute Gasteiger partial charge is 0.252 e. The number of rotatable bonds is 5. The van der Waals surface area contributed by atoms with Crippen LogP contribution in [0.5, 0.6) is 0 Å². The summed E-state index contributed by atoms with van der Waals surface area (Å²) in [5.74, 6) is 0. The Labute approximate surface area is 356 Å². The van der Waals surface area contributed by atoms with Gasteiger partial charge >= 0.3 is 0 Å². The number of hydrogen-bond donors (Lipinski definition) is 0. The van der Waals surface area contributed by atoms with Crippen LogP contribution in [0.3, 0.4) is 0 Å². The lowest BCUT2D eigenvalue weighted by molar-refractivity contribution is 1.11. The summed E-state index contributed by atoms with van der Waals surface area (Å²) in [4.78, 5) is 10.8. The summed E-state index contributed by atoms with van der Waals surface area (Å²) >= 11 is 0. The minimum absolute atomic E-state index is 0.236. The van der Waals surface area contributed by atoms with E-state index in [4.69, 9.17) is 0 Å². The summed E-state index contributed by atoms with van der Waals surface area (Å²) in [7, 11) is 0. The minimum Gasteiger partial charge on any atom is -0.309 e. The predicted molar refractivity (Wildman–Crippen MR) is 250 cm³/mol. The molecular formula is C54H30BN7. The molecule has 0 unspecified atom stereocenters. The first-order valence-corrected chi connectivity index (χ1v) is 20.6. The zero-order chi connectivity index (χ0) is 41.1. The lowest BCUT2D eigenvalue weighted by Crippen LogP contribution is -2.60. The third-order valence-corrected chi connectivity index (χ3v) is 13.0. The third-order valence-electron chi connectivity index (χ3n) is 13.0. The first-order valence-electron chi connectivity index (χ1n) is 20.6. The predicted octanol–water partition coefficient (Wildman–Crippen LogP) is 10.4. The summed E-state index contributed by atoms with van der Waals surface area (Å²) in [5, 5.41) is 28.2. The summed E-state index contributed by atoms with van der Waals surface area (Å²) in [6, 6.07) is 60.2. The van der Waals surface area contributed by atoms with E-state index in [1.807, 2.05) is 36.7 Å². The van der Waals surface area contributed by atoms with Gasteiger partial charge < -0.3 is 14.0 Å². The van der Waals surface area contributed by atoms with Crippen LogP contribution in [0.25, 0.3) is 77.2 Å². The van der Waals surface area contributed by atoms with Crippen molar-refractivity contribution in [2.45, 2.75) is 0 Å². The molecule has 6 heterocycles. The molecule has 0 aliphatic carbocycles. The van der Waals surface area contributed by atoms with Gasteiger partial charge in [0.15, 0.2) is 0 Å². The molecule has 4 aromatic heterocycles. The van der Waals surface area contributed by atoms with E-state index in [0.717, 1.165) is 105 Å². The normalized spacial score (nSPS) is 12.1. The van der Waals surface area contributed by atoms with Crippen molar-refractivity contribution in [1.29, 1.82) is 10.5 Å². The number of nitriles is 2. The van der Waals surface area contributed by atoms with Crippen molar-refractivity contribution in [2.75, 3.05) is 4.90 Å². The molecule has 0 saturated carbocycles. The second-order valence-electron chi connectivity index (χ2n) is 16.0. The van der Waals surface area contributed by atoms with E-state index < -0.39 is 0 Å². The van der Waals surface area contributed by atoms with Crippen molar-refractivity contribution in [3.63, 3.8) is 0 Å². The Balaban J connectivity index is 1.20. The number of fused-ring (bicyclic) bond motifs is 10. The first kappa shape index (κ1) is 34.2. The highest BCUT2D eigenvalue weighted by Crippen LogP contribution is 2.48. The molecule has 0 amide bonds. The average molecular weight is 788 g/mol. The number of anilines is 3. The molecule has 0 spiro atoms. The molecule has 7 nitrogen and oxygen atoms in total. The van der Waals surface area contributed by atoms with Crippen LogP contribution in [0, 0.1) is 22.7 Å². The molecule has 2 aliphatic rings. The fraction of sp³-hybridized carbons (Fsp3) is 0. The van der Waals surface area contributed by atoms with Crippen LogP contribution in [-0.4, -0.2) is 25.8 Å². The number of aromatic nitrogens is 4. The molecule has 0 fully saturated rings. The van der Waals surface area contributed by atoms with Crippen LogP contribution < -0.4 is 21.3 Å². The monoisotopic (exact) mass is 787 g/mol. The molecule has 0 saturated heterocycles. The van der Waals surface area contributed by atoms with Gasteiger partial charge in [0.2, 0.25) is 0 Å². The van der Waals surface area contributed by atoms with Gasteiger partial charge in [0, 0.05) is 68.7 Å². The number of para-hydroxylation sites is 4. The minimum atomic E-state index is -0.236. The molecule has 284 valence electrons. The quantitative estimate of drug-likeness (QED) is 0.162. The maximum Gasteiger partial charge on any atom is 0.252 e. The Kier molecular flexibility index (Phi) is 7.11. The Hall–Kier alpha value is -8.72. The van der Waals surface area contributed by atoms with Crippen LogP contribution in [0.4, 0.5) is 17.1 Å². The Morgan fingerprint density at radius 3 is 1.34 bits per heavy atom. The van der Waals surface area contributed by atoms with Gasteiger partial charge in [-0.25, -0.2) is 0 Å². The lowest BCUT2D eigenvalue weighted by atomic mass is 9.34. The second kappa shape index (κ2) is 12.9. The number of nitrogens with zero attached hydrogens (tertiary/aromatic N) is 7. The van der Waals surface area contributed by atoms with E-state index in [0.29, 0.717) is 16.8 Å². The van der Waals surface area contributed by atoms with Crippen molar-refractivity contribution >= 4 is 83.8 Å². The molecule has 0 N–H and O–H groups in total. The van der Waals surface area contributed by atoms with Crippen molar-refractivity contribution in [3.05, 3.63) is 194 Å². The number of hydrogen-bond acceptors (Lipinski definition) is 5. The SMILES string of the molecule is N#Cc1c(N(c2ccc(-c3cccnc3)cc2)c2ccc(-c3cccnc3)cc2)c(C#N)c2c3c1-n1c4ccccc4c4cccc(c41)B3c1cccc3c4ccccc4n-2c13. The molecule has 62 heavy (non-hydrogen) atoms. The number of benzene rings is 7. The maximum absolute atomic E-state index is 11.9. The molecule has 13 rings (SSSR count). The zero-order valence-electron chi connectivity index (χ0n) is 33.0. The van der Waals surface area contributed by atoms with Gasteiger partial charge in [0.25, 0.3) is 6.71 Å². The van der Waals surface area contributed by atoms with E-state index in [-0.39, 0.29) is 6.71 Å². The van der Waals surface area contributed by atoms with Crippen LogP contribution in [0.1, 0.15) is 11.1 Å². The Bertz CT molecular complexity index is 3520. The van der Waals surface area contributed by atoms with E-state index in [1.165, 1.54) is 0 Å². The molecule has 0 bridgehead atoms. The van der Waals surface area contributed by atoms with Crippen LogP contribution in [0.15, 0.2) is 183 Å². The maximum atomic E-state index is 11.9. The van der Waals surface area contributed by atoms with Crippen molar-refractivity contribution in [1.82, 2.24) is 19.1 Å². The standard InChI is InChI=1S/C54H30BN7/c56-29-43-50(60(37-23-19-33(20-24-37)35-9-7-27-58-31-35)38-25-21-34(22-26-38)36-10-8-28-59-32-36)44(30-57)54-49-53(43)61-47-17-3-1-11-39(47)41-13-5-15-45(51(41)61)55(49)46-16-6-14-42-40-12-2-4-18-48(40)62(54)52(42)46/h1-28,31-32H. The lowest BCUT2D eigenvalue weighted by Gasteiger charge is -2.37. The number of pyridine rings is 2.